The number of hydrogen-bond donors (Lipinski definition) is 2. The summed E-state index contributed by atoms with van der Waals surface area (Å²) >= 11 is 0. The molecular weight excluding hydrogens is 204 g/mol. The molecule has 80 valence electrons. The minimum Gasteiger partial charge on any atom is -0.366 e. The fraction of sp³-hybridized carbons (Fsp3) is 0. The lowest BCUT2D eigenvalue weighted by molar-refractivity contribution is 0.0992. The Hall–Kier alpha value is -2.36. The van der Waals surface area contributed by atoms with Gasteiger partial charge in [-0.3, -0.25) is 9.59 Å². The van der Waals surface area contributed by atoms with E-state index in [9.17, 15) is 9.59 Å². The number of rotatable bonds is 2. The van der Waals surface area contributed by atoms with Gasteiger partial charge >= 0.3 is 0 Å². The summed E-state index contributed by atoms with van der Waals surface area (Å²) in [6.07, 6.45) is 0. The second kappa shape index (κ2) is 3.66. The number of carbonyl (C=O) groups excluding carboxylic acids is 2. The Balaban J connectivity index is 2.65. The standard InChI is InChI=1S/C12H10N2O2/c13-11(15)8-3-1-7-2-4-9(12(14)16)6-10(7)5-8/h1-6H,(H2,13,15)(H2,14,16). The van der Waals surface area contributed by atoms with Gasteiger partial charge in [-0.15, -0.1) is 0 Å². The molecular formula is C12H10N2O2. The molecule has 0 aromatic heterocycles. The second-order valence-corrected chi connectivity index (χ2v) is 3.51. The normalized spacial score (nSPS) is 10.2. The number of amides is 2. The summed E-state index contributed by atoms with van der Waals surface area (Å²) in [7, 11) is 0. The molecule has 0 spiro atoms. The van der Waals surface area contributed by atoms with Crippen molar-refractivity contribution in [2.24, 2.45) is 11.5 Å². The third kappa shape index (κ3) is 1.72. The molecule has 2 amide bonds. The lowest BCUT2D eigenvalue weighted by atomic mass is 10.0. The lowest BCUT2D eigenvalue weighted by Crippen LogP contribution is -2.11. The van der Waals surface area contributed by atoms with Crippen molar-refractivity contribution in [3.8, 4) is 0 Å². The monoisotopic (exact) mass is 214 g/mol. The number of benzene rings is 2. The number of hydrogen-bond acceptors (Lipinski definition) is 2. The van der Waals surface area contributed by atoms with Gasteiger partial charge in [0.15, 0.2) is 0 Å². The van der Waals surface area contributed by atoms with Crippen molar-refractivity contribution >= 4 is 22.6 Å². The summed E-state index contributed by atoms with van der Waals surface area (Å²) in [4.78, 5) is 22.0. The third-order valence-corrected chi connectivity index (χ3v) is 2.41. The minimum atomic E-state index is -0.494. The summed E-state index contributed by atoms with van der Waals surface area (Å²) < 4.78 is 0. The molecule has 4 nitrogen and oxygen atoms in total. The van der Waals surface area contributed by atoms with E-state index in [1.54, 1.807) is 36.4 Å². The lowest BCUT2D eigenvalue weighted by Gasteiger charge is -2.02. The van der Waals surface area contributed by atoms with E-state index in [0.29, 0.717) is 11.1 Å². The molecule has 0 heterocycles. The van der Waals surface area contributed by atoms with E-state index in [1.165, 1.54) is 0 Å². The van der Waals surface area contributed by atoms with E-state index >= 15 is 0 Å². The molecule has 0 fully saturated rings. The first-order chi connectivity index (χ1) is 7.58. The zero-order valence-electron chi connectivity index (χ0n) is 8.44. The van der Waals surface area contributed by atoms with E-state index in [0.717, 1.165) is 10.8 Å². The van der Waals surface area contributed by atoms with Crippen molar-refractivity contribution in [1.29, 1.82) is 0 Å². The Kier molecular flexibility index (Phi) is 2.32. The number of fused-ring (bicyclic) bond motifs is 1. The molecule has 0 aliphatic rings. The van der Waals surface area contributed by atoms with Crippen LogP contribution in [0.2, 0.25) is 0 Å². The van der Waals surface area contributed by atoms with Crippen LogP contribution in [0.1, 0.15) is 20.7 Å². The van der Waals surface area contributed by atoms with Crippen LogP contribution in [-0.4, -0.2) is 11.8 Å². The van der Waals surface area contributed by atoms with Crippen molar-refractivity contribution < 1.29 is 9.59 Å². The molecule has 0 radical (unpaired) electrons. The maximum Gasteiger partial charge on any atom is 0.248 e. The number of carbonyl (C=O) groups is 2. The van der Waals surface area contributed by atoms with Crippen LogP contribution in [0.4, 0.5) is 0 Å². The topological polar surface area (TPSA) is 86.2 Å². The molecule has 0 aliphatic carbocycles. The van der Waals surface area contributed by atoms with E-state index in [4.69, 9.17) is 11.5 Å². The minimum absolute atomic E-state index is 0.411. The molecule has 0 saturated heterocycles. The molecule has 0 bridgehead atoms. The molecule has 0 unspecified atom stereocenters. The summed E-state index contributed by atoms with van der Waals surface area (Å²) in [5.41, 5.74) is 11.2. The van der Waals surface area contributed by atoms with Crippen LogP contribution >= 0.6 is 0 Å². The van der Waals surface area contributed by atoms with Crippen molar-refractivity contribution in [2.45, 2.75) is 0 Å². The van der Waals surface area contributed by atoms with Crippen LogP contribution < -0.4 is 11.5 Å². The van der Waals surface area contributed by atoms with E-state index in [1.807, 2.05) is 0 Å². The first-order valence-electron chi connectivity index (χ1n) is 4.71. The maximum absolute atomic E-state index is 11.0. The fourth-order valence-electron chi connectivity index (χ4n) is 1.55. The van der Waals surface area contributed by atoms with Crippen LogP contribution in [-0.2, 0) is 0 Å². The van der Waals surface area contributed by atoms with Gasteiger partial charge in [0.2, 0.25) is 11.8 Å². The smallest absolute Gasteiger partial charge is 0.248 e. The highest BCUT2D eigenvalue weighted by molar-refractivity contribution is 6.01. The number of nitrogens with two attached hydrogens (primary N) is 2. The molecule has 4 heteroatoms. The van der Waals surface area contributed by atoms with Crippen molar-refractivity contribution in [3.63, 3.8) is 0 Å². The second-order valence-electron chi connectivity index (χ2n) is 3.51. The first-order valence-corrected chi connectivity index (χ1v) is 4.71. The zero-order valence-corrected chi connectivity index (χ0v) is 8.44. The first kappa shape index (κ1) is 10.2. The van der Waals surface area contributed by atoms with Crippen LogP contribution in [0.25, 0.3) is 10.8 Å². The zero-order chi connectivity index (χ0) is 11.7. The Morgan fingerprint density at radius 2 is 1.19 bits per heavy atom. The van der Waals surface area contributed by atoms with Gasteiger partial charge in [-0.1, -0.05) is 12.1 Å². The van der Waals surface area contributed by atoms with Gasteiger partial charge in [-0.05, 0) is 35.0 Å². The van der Waals surface area contributed by atoms with Gasteiger partial charge in [0.05, 0.1) is 0 Å². The van der Waals surface area contributed by atoms with Crippen molar-refractivity contribution in [2.75, 3.05) is 0 Å². The van der Waals surface area contributed by atoms with Crippen LogP contribution in [0.3, 0.4) is 0 Å². The summed E-state index contributed by atoms with van der Waals surface area (Å²) in [6, 6.07) is 10.1. The van der Waals surface area contributed by atoms with Gasteiger partial charge in [0.25, 0.3) is 0 Å². The van der Waals surface area contributed by atoms with Gasteiger partial charge in [-0.25, -0.2) is 0 Å². The third-order valence-electron chi connectivity index (χ3n) is 2.41. The fourth-order valence-corrected chi connectivity index (χ4v) is 1.55. The van der Waals surface area contributed by atoms with Gasteiger partial charge in [0, 0.05) is 11.1 Å². The van der Waals surface area contributed by atoms with Crippen LogP contribution in [0, 0.1) is 0 Å². The van der Waals surface area contributed by atoms with Gasteiger partial charge < -0.3 is 11.5 Å². The number of primary amides is 2. The summed E-state index contributed by atoms with van der Waals surface area (Å²) in [6.45, 7) is 0. The van der Waals surface area contributed by atoms with E-state index < -0.39 is 11.8 Å². The highest BCUT2D eigenvalue weighted by Crippen LogP contribution is 2.17. The van der Waals surface area contributed by atoms with E-state index in [2.05, 4.69) is 0 Å². The maximum atomic E-state index is 11.0. The van der Waals surface area contributed by atoms with Crippen molar-refractivity contribution in [3.05, 3.63) is 47.5 Å². The van der Waals surface area contributed by atoms with Crippen molar-refractivity contribution in [1.82, 2.24) is 0 Å². The van der Waals surface area contributed by atoms with Crippen LogP contribution in [0.5, 0.6) is 0 Å². The summed E-state index contributed by atoms with van der Waals surface area (Å²) in [5.74, 6) is -0.988. The highest BCUT2D eigenvalue weighted by Gasteiger charge is 2.04. The molecule has 0 saturated carbocycles. The molecule has 2 aromatic rings. The molecule has 2 aromatic carbocycles. The Labute approximate surface area is 91.8 Å². The summed E-state index contributed by atoms with van der Waals surface area (Å²) in [5, 5.41) is 1.70. The largest absolute Gasteiger partial charge is 0.366 e. The predicted octanol–water partition coefficient (Wildman–Crippen LogP) is 1.04. The quantitative estimate of drug-likeness (QED) is 0.782. The molecule has 2 rings (SSSR count). The average molecular weight is 214 g/mol. The molecule has 16 heavy (non-hydrogen) atoms. The molecule has 0 aliphatic heterocycles. The Morgan fingerprint density at radius 3 is 1.56 bits per heavy atom. The Bertz CT molecular complexity index is 542. The highest BCUT2D eigenvalue weighted by atomic mass is 16.1. The molecule has 0 atom stereocenters. The van der Waals surface area contributed by atoms with E-state index in [-0.39, 0.29) is 0 Å². The van der Waals surface area contributed by atoms with Crippen LogP contribution in [0.15, 0.2) is 36.4 Å². The Morgan fingerprint density at radius 1 is 0.750 bits per heavy atom. The predicted molar refractivity (Wildman–Crippen MR) is 61.0 cm³/mol. The molecule has 4 N–H and O–H groups in total. The van der Waals surface area contributed by atoms with Gasteiger partial charge in [-0.2, -0.15) is 0 Å². The SMILES string of the molecule is NC(=O)c1ccc2ccc(C(N)=O)cc2c1. The van der Waals surface area contributed by atoms with Gasteiger partial charge in [0.1, 0.15) is 0 Å². The average Bonchev–Trinajstić information content (AvgIpc) is 2.27.